The first-order valence-electron chi connectivity index (χ1n) is 7.23. The Morgan fingerprint density at radius 3 is 2.47 bits per heavy atom. The van der Waals surface area contributed by atoms with Crippen LogP contribution in [-0.2, 0) is 14.3 Å². The van der Waals surface area contributed by atoms with Gasteiger partial charge < -0.3 is 14.7 Å². The summed E-state index contributed by atoms with van der Waals surface area (Å²) in [6, 6.07) is 0. The Labute approximate surface area is 114 Å². The van der Waals surface area contributed by atoms with Crippen LogP contribution in [0, 0.1) is 5.92 Å². The van der Waals surface area contributed by atoms with Crippen molar-refractivity contribution in [1.82, 2.24) is 4.90 Å². The van der Waals surface area contributed by atoms with Crippen LogP contribution in [0.3, 0.4) is 0 Å². The Kier molecular flexibility index (Phi) is 7.48. The van der Waals surface area contributed by atoms with Crippen LogP contribution in [0.2, 0.25) is 0 Å². The van der Waals surface area contributed by atoms with Gasteiger partial charge in [0.25, 0.3) is 0 Å². The van der Waals surface area contributed by atoms with Crippen molar-refractivity contribution in [2.45, 2.75) is 45.4 Å². The number of unbranched alkanes of at least 4 members (excludes halogenated alkanes) is 3. The number of hydrogen-bond acceptors (Lipinski definition) is 3. The maximum absolute atomic E-state index is 11.8. The fourth-order valence-electron chi connectivity index (χ4n) is 2.26. The van der Waals surface area contributed by atoms with Crippen LogP contribution in [0.4, 0.5) is 0 Å². The smallest absolute Gasteiger partial charge is 0.306 e. The molecular weight excluding hydrogens is 246 g/mol. The van der Waals surface area contributed by atoms with E-state index in [4.69, 9.17) is 9.84 Å². The second-order valence-electron chi connectivity index (χ2n) is 5.11. The minimum absolute atomic E-state index is 0.0145. The van der Waals surface area contributed by atoms with Gasteiger partial charge >= 0.3 is 5.97 Å². The molecule has 0 unspecified atom stereocenters. The summed E-state index contributed by atoms with van der Waals surface area (Å²) in [7, 11) is 0. The number of nitrogens with zero attached hydrogens (tertiary/aromatic N) is 1. The minimum atomic E-state index is -0.751. The molecule has 0 aromatic carbocycles. The average molecular weight is 271 g/mol. The lowest BCUT2D eigenvalue weighted by atomic mass is 9.97. The molecule has 1 N–H and O–H groups in total. The van der Waals surface area contributed by atoms with Crippen LogP contribution in [0.5, 0.6) is 0 Å². The predicted octanol–water partition coefficient (Wildman–Crippen LogP) is 1.91. The molecule has 0 aromatic rings. The maximum atomic E-state index is 11.8. The predicted molar refractivity (Wildman–Crippen MR) is 71.9 cm³/mol. The molecule has 1 fully saturated rings. The van der Waals surface area contributed by atoms with Gasteiger partial charge in [-0.15, -0.1) is 0 Å². The van der Waals surface area contributed by atoms with Crippen molar-refractivity contribution in [3.8, 4) is 0 Å². The molecule has 0 atom stereocenters. The van der Waals surface area contributed by atoms with E-state index in [1.165, 1.54) is 12.8 Å². The lowest BCUT2D eigenvalue weighted by molar-refractivity contribution is -0.146. The molecule has 0 aliphatic carbocycles. The molecule has 5 heteroatoms. The van der Waals surface area contributed by atoms with Crippen LogP contribution >= 0.6 is 0 Å². The number of carbonyl (C=O) groups is 2. The lowest BCUT2D eigenvalue weighted by Gasteiger charge is -2.30. The van der Waals surface area contributed by atoms with E-state index in [1.807, 2.05) is 0 Å². The Bertz CT molecular complexity index is 285. The van der Waals surface area contributed by atoms with E-state index in [1.54, 1.807) is 4.90 Å². The quantitative estimate of drug-likeness (QED) is 0.685. The number of amides is 1. The molecule has 1 saturated heterocycles. The third kappa shape index (κ3) is 6.05. The molecule has 5 nitrogen and oxygen atoms in total. The number of rotatable bonds is 8. The molecule has 0 spiro atoms. The number of aliphatic carboxylic acids is 1. The van der Waals surface area contributed by atoms with Crippen LogP contribution in [-0.4, -0.2) is 48.2 Å². The second-order valence-corrected chi connectivity index (χ2v) is 5.11. The van der Waals surface area contributed by atoms with Crippen LogP contribution < -0.4 is 0 Å². The van der Waals surface area contributed by atoms with E-state index < -0.39 is 5.97 Å². The highest BCUT2D eigenvalue weighted by molar-refractivity contribution is 5.78. The minimum Gasteiger partial charge on any atom is -0.481 e. The van der Waals surface area contributed by atoms with Gasteiger partial charge in [0.2, 0.25) is 5.91 Å². The summed E-state index contributed by atoms with van der Waals surface area (Å²) in [5.74, 6) is -1.06. The van der Waals surface area contributed by atoms with Gasteiger partial charge in [-0.2, -0.15) is 0 Å². The van der Waals surface area contributed by atoms with Crippen molar-refractivity contribution in [3.63, 3.8) is 0 Å². The first-order chi connectivity index (χ1) is 9.15. The van der Waals surface area contributed by atoms with E-state index in [0.717, 1.165) is 12.8 Å². The highest BCUT2D eigenvalue weighted by atomic mass is 16.5. The topological polar surface area (TPSA) is 66.8 Å². The largest absolute Gasteiger partial charge is 0.481 e. The number of carbonyl (C=O) groups excluding carboxylic acids is 1. The van der Waals surface area contributed by atoms with Crippen LogP contribution in [0.1, 0.15) is 45.4 Å². The van der Waals surface area contributed by atoms with Crippen molar-refractivity contribution < 1.29 is 19.4 Å². The summed E-state index contributed by atoms with van der Waals surface area (Å²) < 4.78 is 5.36. The number of carboxylic acid groups (broad SMARTS) is 1. The second kappa shape index (κ2) is 8.91. The molecule has 0 bridgehead atoms. The third-order valence-corrected chi connectivity index (χ3v) is 3.56. The van der Waals surface area contributed by atoms with Crippen LogP contribution in [0.25, 0.3) is 0 Å². The third-order valence-electron chi connectivity index (χ3n) is 3.56. The summed E-state index contributed by atoms with van der Waals surface area (Å²) in [6.45, 7) is 4.00. The molecule has 1 rings (SSSR count). The zero-order chi connectivity index (χ0) is 14.1. The van der Waals surface area contributed by atoms with E-state index in [2.05, 4.69) is 6.92 Å². The number of likely N-dealkylation sites (tertiary alicyclic amines) is 1. The molecule has 0 aromatic heterocycles. The van der Waals surface area contributed by atoms with E-state index in [0.29, 0.717) is 32.5 Å². The summed E-state index contributed by atoms with van der Waals surface area (Å²) in [4.78, 5) is 24.3. The Morgan fingerprint density at radius 1 is 1.21 bits per heavy atom. The molecule has 110 valence electrons. The standard InChI is InChI=1S/C14H25NO4/c1-2-3-4-5-10-19-11-13(16)15-8-6-12(7-9-15)14(17)18/h12H,2-11H2,1H3,(H,17,18). The van der Waals surface area contributed by atoms with Gasteiger partial charge in [0.1, 0.15) is 6.61 Å². The van der Waals surface area contributed by atoms with Gasteiger partial charge in [-0.1, -0.05) is 26.2 Å². The van der Waals surface area contributed by atoms with Gasteiger partial charge in [-0.3, -0.25) is 9.59 Å². The van der Waals surface area contributed by atoms with Gasteiger partial charge in [0.05, 0.1) is 5.92 Å². The molecule has 0 saturated carbocycles. The Hall–Kier alpha value is -1.10. The van der Waals surface area contributed by atoms with Gasteiger partial charge in [-0.05, 0) is 19.3 Å². The number of hydrogen-bond donors (Lipinski definition) is 1. The van der Waals surface area contributed by atoms with E-state index >= 15 is 0 Å². The molecule has 1 heterocycles. The van der Waals surface area contributed by atoms with E-state index in [9.17, 15) is 9.59 Å². The fourth-order valence-corrected chi connectivity index (χ4v) is 2.26. The number of piperidine rings is 1. The normalized spacial score (nSPS) is 16.6. The first-order valence-corrected chi connectivity index (χ1v) is 7.23. The van der Waals surface area contributed by atoms with Crippen molar-refractivity contribution >= 4 is 11.9 Å². The summed E-state index contributed by atoms with van der Waals surface area (Å²) in [6.07, 6.45) is 5.66. The summed E-state index contributed by atoms with van der Waals surface area (Å²) in [5.41, 5.74) is 0. The van der Waals surface area contributed by atoms with Crippen molar-refractivity contribution in [1.29, 1.82) is 0 Å². The zero-order valence-corrected chi connectivity index (χ0v) is 11.8. The molecule has 1 amide bonds. The number of ether oxygens (including phenoxy) is 1. The highest BCUT2D eigenvalue weighted by Gasteiger charge is 2.26. The zero-order valence-electron chi connectivity index (χ0n) is 11.8. The molecule has 0 radical (unpaired) electrons. The molecule has 1 aliphatic heterocycles. The summed E-state index contributed by atoms with van der Waals surface area (Å²) >= 11 is 0. The first kappa shape index (κ1) is 16.0. The molecule has 19 heavy (non-hydrogen) atoms. The molecular formula is C14H25NO4. The van der Waals surface area contributed by atoms with Crippen LogP contribution in [0.15, 0.2) is 0 Å². The maximum Gasteiger partial charge on any atom is 0.306 e. The number of carboxylic acids is 1. The summed E-state index contributed by atoms with van der Waals surface area (Å²) in [5, 5.41) is 8.88. The Morgan fingerprint density at radius 2 is 1.89 bits per heavy atom. The van der Waals surface area contributed by atoms with Gasteiger partial charge in [0, 0.05) is 19.7 Å². The SMILES string of the molecule is CCCCCCOCC(=O)N1CCC(C(=O)O)CC1. The molecule has 1 aliphatic rings. The van der Waals surface area contributed by atoms with Crippen molar-refractivity contribution in [2.75, 3.05) is 26.3 Å². The average Bonchev–Trinajstić information content (AvgIpc) is 2.42. The fraction of sp³-hybridized carbons (Fsp3) is 0.857. The Balaban J connectivity index is 2.09. The van der Waals surface area contributed by atoms with Crippen molar-refractivity contribution in [3.05, 3.63) is 0 Å². The monoisotopic (exact) mass is 271 g/mol. The van der Waals surface area contributed by atoms with Crippen molar-refractivity contribution in [2.24, 2.45) is 5.92 Å². The lowest BCUT2D eigenvalue weighted by Crippen LogP contribution is -2.41. The van der Waals surface area contributed by atoms with Gasteiger partial charge in [0.15, 0.2) is 0 Å². The van der Waals surface area contributed by atoms with E-state index in [-0.39, 0.29) is 18.4 Å². The van der Waals surface area contributed by atoms with Gasteiger partial charge in [-0.25, -0.2) is 0 Å². The highest BCUT2D eigenvalue weighted by Crippen LogP contribution is 2.17.